The number of likely N-dealkylation sites (N-methyl/N-ethyl adjacent to an activating group) is 1. The molecule has 0 aromatic rings. The molecule has 98 valence electrons. The van der Waals surface area contributed by atoms with Crippen LogP contribution in [-0.2, 0) is 4.79 Å². The molecule has 0 saturated carbocycles. The molecule has 0 radical (unpaired) electrons. The average molecular weight is 256 g/mol. The van der Waals surface area contributed by atoms with Gasteiger partial charge in [-0.1, -0.05) is 6.42 Å². The zero-order chi connectivity index (χ0) is 12.1. The molecule has 2 atom stereocenters. The number of rotatable bonds is 4. The summed E-state index contributed by atoms with van der Waals surface area (Å²) in [5.41, 5.74) is 0. The number of hydrogen-bond donors (Lipinski definition) is 1. The van der Waals surface area contributed by atoms with Gasteiger partial charge in [-0.05, 0) is 38.5 Å². The van der Waals surface area contributed by atoms with E-state index in [0.29, 0.717) is 17.9 Å². The van der Waals surface area contributed by atoms with E-state index < -0.39 is 0 Å². The molecule has 0 bridgehead atoms. The van der Waals surface area contributed by atoms with Crippen LogP contribution in [0, 0.1) is 5.92 Å². The standard InChI is InChI=1S/C13H24N2OS/c1-2-15(9-12-5-3-4-7-14-12)13(16)11-6-8-17-10-11/h11-12,14H,2-10H2,1H3. The first-order valence-electron chi connectivity index (χ1n) is 6.91. The molecule has 0 spiro atoms. The lowest BCUT2D eigenvalue weighted by Crippen LogP contribution is -2.47. The molecule has 2 aliphatic rings. The topological polar surface area (TPSA) is 32.3 Å². The van der Waals surface area contributed by atoms with Crippen molar-refractivity contribution in [2.24, 2.45) is 5.92 Å². The Hall–Kier alpha value is -0.220. The second-order valence-corrected chi connectivity index (χ2v) is 6.23. The van der Waals surface area contributed by atoms with E-state index in [9.17, 15) is 4.79 Å². The minimum Gasteiger partial charge on any atom is -0.341 e. The number of nitrogens with zero attached hydrogens (tertiary/aromatic N) is 1. The molecular formula is C13H24N2OS. The van der Waals surface area contributed by atoms with Crippen LogP contribution in [-0.4, -0.2) is 48.0 Å². The molecule has 1 amide bonds. The van der Waals surface area contributed by atoms with Crippen molar-refractivity contribution < 1.29 is 4.79 Å². The highest BCUT2D eigenvalue weighted by Gasteiger charge is 2.28. The number of piperidine rings is 1. The Bertz CT molecular complexity index is 248. The lowest BCUT2D eigenvalue weighted by atomic mass is 10.0. The average Bonchev–Trinajstić information content (AvgIpc) is 2.90. The van der Waals surface area contributed by atoms with Crippen LogP contribution in [0.1, 0.15) is 32.6 Å². The second kappa shape index (κ2) is 6.64. The van der Waals surface area contributed by atoms with E-state index in [4.69, 9.17) is 0 Å². The summed E-state index contributed by atoms with van der Waals surface area (Å²) in [6, 6.07) is 0.529. The number of nitrogens with one attached hydrogen (secondary N) is 1. The van der Waals surface area contributed by atoms with E-state index in [2.05, 4.69) is 17.1 Å². The van der Waals surface area contributed by atoms with Crippen LogP contribution in [0.3, 0.4) is 0 Å². The Kier molecular flexibility index (Phi) is 5.16. The van der Waals surface area contributed by atoms with Crippen LogP contribution in [0.15, 0.2) is 0 Å². The third-order valence-electron chi connectivity index (χ3n) is 3.83. The summed E-state index contributed by atoms with van der Waals surface area (Å²) in [6.45, 7) is 4.99. The predicted molar refractivity (Wildman–Crippen MR) is 73.3 cm³/mol. The molecule has 2 fully saturated rings. The molecule has 17 heavy (non-hydrogen) atoms. The first kappa shape index (κ1) is 13.2. The van der Waals surface area contributed by atoms with Crippen LogP contribution in [0.25, 0.3) is 0 Å². The van der Waals surface area contributed by atoms with Gasteiger partial charge in [0, 0.05) is 30.8 Å². The summed E-state index contributed by atoms with van der Waals surface area (Å²) in [6.07, 6.45) is 4.90. The maximum absolute atomic E-state index is 12.3. The zero-order valence-electron chi connectivity index (χ0n) is 10.8. The fourth-order valence-corrected chi connectivity index (χ4v) is 3.92. The third kappa shape index (κ3) is 3.62. The van der Waals surface area contributed by atoms with Crippen LogP contribution >= 0.6 is 11.8 Å². The molecule has 2 aliphatic heterocycles. The van der Waals surface area contributed by atoms with Gasteiger partial charge in [-0.25, -0.2) is 0 Å². The van der Waals surface area contributed by atoms with E-state index in [0.717, 1.165) is 37.6 Å². The van der Waals surface area contributed by atoms with E-state index >= 15 is 0 Å². The van der Waals surface area contributed by atoms with Crippen molar-refractivity contribution in [1.82, 2.24) is 10.2 Å². The molecule has 0 aromatic carbocycles. The minimum absolute atomic E-state index is 0.295. The van der Waals surface area contributed by atoms with Crippen LogP contribution in [0.2, 0.25) is 0 Å². The quantitative estimate of drug-likeness (QED) is 0.831. The fraction of sp³-hybridized carbons (Fsp3) is 0.923. The molecule has 2 saturated heterocycles. The molecule has 2 unspecified atom stereocenters. The highest BCUT2D eigenvalue weighted by Crippen LogP contribution is 2.25. The molecule has 1 N–H and O–H groups in total. The van der Waals surface area contributed by atoms with Gasteiger partial charge >= 0.3 is 0 Å². The Morgan fingerprint density at radius 3 is 2.88 bits per heavy atom. The van der Waals surface area contributed by atoms with E-state index in [1.165, 1.54) is 19.3 Å². The maximum Gasteiger partial charge on any atom is 0.226 e. The van der Waals surface area contributed by atoms with Crippen molar-refractivity contribution in [2.45, 2.75) is 38.6 Å². The van der Waals surface area contributed by atoms with E-state index in [1.807, 2.05) is 11.8 Å². The molecule has 0 aromatic heterocycles. The van der Waals surface area contributed by atoms with Gasteiger partial charge in [-0.15, -0.1) is 0 Å². The summed E-state index contributed by atoms with van der Waals surface area (Å²) in [4.78, 5) is 14.4. The van der Waals surface area contributed by atoms with Crippen molar-refractivity contribution in [2.75, 3.05) is 31.1 Å². The third-order valence-corrected chi connectivity index (χ3v) is 4.99. The number of thioether (sulfide) groups is 1. The van der Waals surface area contributed by atoms with E-state index in [-0.39, 0.29) is 0 Å². The molecule has 4 heteroatoms. The van der Waals surface area contributed by atoms with Crippen molar-refractivity contribution in [3.8, 4) is 0 Å². The Morgan fingerprint density at radius 1 is 1.41 bits per heavy atom. The summed E-state index contributed by atoms with van der Waals surface area (Å²) < 4.78 is 0. The number of carbonyl (C=O) groups is 1. The van der Waals surface area contributed by atoms with E-state index in [1.54, 1.807) is 0 Å². The predicted octanol–water partition coefficient (Wildman–Crippen LogP) is 1.73. The van der Waals surface area contributed by atoms with Gasteiger partial charge in [0.05, 0.1) is 0 Å². The summed E-state index contributed by atoms with van der Waals surface area (Å²) in [5.74, 6) is 2.89. The largest absolute Gasteiger partial charge is 0.341 e. The minimum atomic E-state index is 0.295. The SMILES string of the molecule is CCN(CC1CCCCN1)C(=O)C1CCSC1. The fourth-order valence-electron chi connectivity index (χ4n) is 2.71. The molecule has 3 nitrogen and oxygen atoms in total. The first-order valence-corrected chi connectivity index (χ1v) is 8.06. The monoisotopic (exact) mass is 256 g/mol. The van der Waals surface area contributed by atoms with Gasteiger partial charge in [-0.2, -0.15) is 11.8 Å². The molecule has 2 heterocycles. The number of hydrogen-bond acceptors (Lipinski definition) is 3. The smallest absolute Gasteiger partial charge is 0.226 e. The highest BCUT2D eigenvalue weighted by molar-refractivity contribution is 7.99. The van der Waals surface area contributed by atoms with Gasteiger partial charge in [0.15, 0.2) is 0 Å². The molecule has 0 aliphatic carbocycles. The Balaban J connectivity index is 1.83. The van der Waals surface area contributed by atoms with Gasteiger partial charge in [0.2, 0.25) is 5.91 Å². The summed E-state index contributed by atoms with van der Waals surface area (Å²) in [5, 5.41) is 3.53. The van der Waals surface area contributed by atoms with Crippen molar-refractivity contribution in [3.63, 3.8) is 0 Å². The maximum atomic E-state index is 12.3. The van der Waals surface area contributed by atoms with Crippen LogP contribution in [0.4, 0.5) is 0 Å². The highest BCUT2D eigenvalue weighted by atomic mass is 32.2. The summed E-state index contributed by atoms with van der Waals surface area (Å²) in [7, 11) is 0. The Morgan fingerprint density at radius 2 is 2.29 bits per heavy atom. The van der Waals surface area contributed by atoms with Crippen molar-refractivity contribution in [3.05, 3.63) is 0 Å². The molecule has 2 rings (SSSR count). The Labute approximate surface area is 109 Å². The number of carbonyl (C=O) groups excluding carboxylic acids is 1. The summed E-state index contributed by atoms with van der Waals surface area (Å²) >= 11 is 1.92. The second-order valence-electron chi connectivity index (χ2n) is 5.08. The van der Waals surface area contributed by atoms with Crippen molar-refractivity contribution in [1.29, 1.82) is 0 Å². The lowest BCUT2D eigenvalue weighted by Gasteiger charge is -2.31. The zero-order valence-corrected chi connectivity index (χ0v) is 11.6. The number of amides is 1. The van der Waals surface area contributed by atoms with Gasteiger partial charge < -0.3 is 10.2 Å². The van der Waals surface area contributed by atoms with Gasteiger partial charge in [0.1, 0.15) is 0 Å². The van der Waals surface area contributed by atoms with Crippen LogP contribution < -0.4 is 5.32 Å². The van der Waals surface area contributed by atoms with Crippen LogP contribution in [0.5, 0.6) is 0 Å². The van der Waals surface area contributed by atoms with Crippen molar-refractivity contribution >= 4 is 17.7 Å². The van der Waals surface area contributed by atoms with Gasteiger partial charge in [-0.3, -0.25) is 4.79 Å². The molecular weight excluding hydrogens is 232 g/mol. The first-order chi connectivity index (χ1) is 8.31. The van der Waals surface area contributed by atoms with Gasteiger partial charge in [0.25, 0.3) is 0 Å². The lowest BCUT2D eigenvalue weighted by molar-refractivity contribution is -0.135. The normalized spacial score (nSPS) is 29.2.